The Balaban J connectivity index is 2.32. The molecule has 0 saturated carbocycles. The number of hydrogen-bond donors (Lipinski definition) is 1. The SMILES string of the molecule is CCc1ccc(C(CN)Cc2cc(OC)c(OC)cc2OC)cc1. The van der Waals surface area contributed by atoms with Crippen molar-refractivity contribution in [2.24, 2.45) is 5.73 Å². The maximum atomic E-state index is 6.04. The van der Waals surface area contributed by atoms with Gasteiger partial charge in [-0.3, -0.25) is 0 Å². The molecule has 1 unspecified atom stereocenters. The summed E-state index contributed by atoms with van der Waals surface area (Å²) in [5.74, 6) is 2.37. The fourth-order valence-corrected chi connectivity index (χ4v) is 2.88. The van der Waals surface area contributed by atoms with E-state index in [0.29, 0.717) is 18.0 Å². The van der Waals surface area contributed by atoms with Gasteiger partial charge in [-0.25, -0.2) is 0 Å². The molecule has 4 heteroatoms. The number of benzene rings is 2. The van der Waals surface area contributed by atoms with Crippen LogP contribution in [0.4, 0.5) is 0 Å². The Hall–Kier alpha value is -2.20. The first-order chi connectivity index (χ1) is 11.7. The molecule has 0 aromatic heterocycles. The standard InChI is InChI=1S/C20H27NO3/c1-5-14-6-8-15(9-7-14)17(13-21)10-16-11-19(23-3)20(24-4)12-18(16)22-2/h6-9,11-12,17H,5,10,13,21H2,1-4H3. The van der Waals surface area contributed by atoms with E-state index in [2.05, 4.69) is 31.2 Å². The third-order valence-electron chi connectivity index (χ3n) is 4.40. The zero-order chi connectivity index (χ0) is 17.5. The molecule has 130 valence electrons. The molecule has 2 aromatic rings. The van der Waals surface area contributed by atoms with Crippen LogP contribution in [-0.2, 0) is 12.8 Å². The van der Waals surface area contributed by atoms with Crippen LogP contribution >= 0.6 is 0 Å². The minimum atomic E-state index is 0.225. The Morgan fingerprint density at radius 1 is 0.875 bits per heavy atom. The summed E-state index contributed by atoms with van der Waals surface area (Å²) in [5, 5.41) is 0. The summed E-state index contributed by atoms with van der Waals surface area (Å²) >= 11 is 0. The average molecular weight is 329 g/mol. The molecule has 0 aliphatic carbocycles. The van der Waals surface area contributed by atoms with E-state index in [1.165, 1.54) is 11.1 Å². The molecule has 0 saturated heterocycles. The van der Waals surface area contributed by atoms with Crippen molar-refractivity contribution in [3.63, 3.8) is 0 Å². The Morgan fingerprint density at radius 3 is 1.96 bits per heavy atom. The van der Waals surface area contributed by atoms with Gasteiger partial charge in [-0.2, -0.15) is 0 Å². The third kappa shape index (κ3) is 4.01. The molecule has 2 rings (SSSR count). The number of nitrogens with two attached hydrogens (primary N) is 1. The number of ether oxygens (including phenoxy) is 3. The van der Waals surface area contributed by atoms with E-state index in [4.69, 9.17) is 19.9 Å². The summed E-state index contributed by atoms with van der Waals surface area (Å²) in [6, 6.07) is 12.5. The molecular weight excluding hydrogens is 302 g/mol. The monoisotopic (exact) mass is 329 g/mol. The number of rotatable bonds is 8. The van der Waals surface area contributed by atoms with Crippen LogP contribution in [0.5, 0.6) is 17.2 Å². The van der Waals surface area contributed by atoms with E-state index in [1.807, 2.05) is 12.1 Å². The second kappa shape index (κ2) is 8.60. The third-order valence-corrected chi connectivity index (χ3v) is 4.40. The zero-order valence-corrected chi connectivity index (χ0v) is 15.0. The van der Waals surface area contributed by atoms with Crippen LogP contribution in [0.3, 0.4) is 0 Å². The summed E-state index contributed by atoms with van der Waals surface area (Å²) < 4.78 is 16.3. The highest BCUT2D eigenvalue weighted by Crippen LogP contribution is 2.36. The van der Waals surface area contributed by atoms with Crippen molar-refractivity contribution in [2.75, 3.05) is 27.9 Å². The minimum absolute atomic E-state index is 0.225. The summed E-state index contributed by atoms with van der Waals surface area (Å²) in [5.41, 5.74) is 9.68. The molecule has 1 atom stereocenters. The van der Waals surface area contributed by atoms with Crippen molar-refractivity contribution in [1.82, 2.24) is 0 Å². The molecule has 0 fully saturated rings. The van der Waals surface area contributed by atoms with Crippen LogP contribution in [0, 0.1) is 0 Å². The van der Waals surface area contributed by atoms with Crippen LogP contribution in [0.1, 0.15) is 29.5 Å². The molecule has 0 bridgehead atoms. The van der Waals surface area contributed by atoms with Gasteiger partial charge >= 0.3 is 0 Å². The maximum Gasteiger partial charge on any atom is 0.164 e. The molecule has 0 amide bonds. The molecule has 4 nitrogen and oxygen atoms in total. The van der Waals surface area contributed by atoms with Gasteiger partial charge in [0.15, 0.2) is 11.5 Å². The smallest absolute Gasteiger partial charge is 0.164 e. The van der Waals surface area contributed by atoms with E-state index < -0.39 is 0 Å². The lowest BCUT2D eigenvalue weighted by atomic mass is 9.90. The molecular formula is C20H27NO3. The molecule has 0 aliphatic rings. The topological polar surface area (TPSA) is 53.7 Å². The van der Waals surface area contributed by atoms with Crippen LogP contribution in [0.15, 0.2) is 36.4 Å². The van der Waals surface area contributed by atoms with E-state index in [0.717, 1.165) is 24.2 Å². The molecule has 0 aliphatic heterocycles. The highest BCUT2D eigenvalue weighted by molar-refractivity contribution is 5.51. The van der Waals surface area contributed by atoms with Gasteiger partial charge in [0.25, 0.3) is 0 Å². The summed E-state index contributed by atoms with van der Waals surface area (Å²) in [4.78, 5) is 0. The van der Waals surface area contributed by atoms with E-state index in [1.54, 1.807) is 21.3 Å². The largest absolute Gasteiger partial charge is 0.496 e. The predicted octanol–water partition coefficient (Wildman–Crippen LogP) is 3.56. The fraction of sp³-hybridized carbons (Fsp3) is 0.400. The number of aryl methyl sites for hydroxylation is 1. The van der Waals surface area contributed by atoms with Crippen molar-refractivity contribution in [2.45, 2.75) is 25.7 Å². The second-order valence-electron chi connectivity index (χ2n) is 5.75. The first-order valence-electron chi connectivity index (χ1n) is 8.24. The van der Waals surface area contributed by atoms with Crippen molar-refractivity contribution in [3.05, 3.63) is 53.1 Å². The summed E-state index contributed by atoms with van der Waals surface area (Å²) in [6.07, 6.45) is 1.82. The summed E-state index contributed by atoms with van der Waals surface area (Å²) in [7, 11) is 4.92. The van der Waals surface area contributed by atoms with Crippen LogP contribution in [0.2, 0.25) is 0 Å². The van der Waals surface area contributed by atoms with E-state index in [-0.39, 0.29) is 5.92 Å². The fourth-order valence-electron chi connectivity index (χ4n) is 2.88. The highest BCUT2D eigenvalue weighted by atomic mass is 16.5. The summed E-state index contributed by atoms with van der Waals surface area (Å²) in [6.45, 7) is 2.73. The van der Waals surface area contributed by atoms with Gasteiger partial charge in [0, 0.05) is 12.0 Å². The Bertz CT molecular complexity index is 653. The molecule has 0 radical (unpaired) electrons. The van der Waals surface area contributed by atoms with Crippen molar-refractivity contribution >= 4 is 0 Å². The van der Waals surface area contributed by atoms with E-state index >= 15 is 0 Å². The van der Waals surface area contributed by atoms with Crippen molar-refractivity contribution in [3.8, 4) is 17.2 Å². The lowest BCUT2D eigenvalue weighted by Gasteiger charge is -2.19. The Labute approximate surface area is 144 Å². The second-order valence-corrected chi connectivity index (χ2v) is 5.75. The first kappa shape index (κ1) is 18.1. The maximum absolute atomic E-state index is 6.04. The van der Waals surface area contributed by atoms with Gasteiger partial charge in [-0.05, 0) is 42.1 Å². The van der Waals surface area contributed by atoms with Gasteiger partial charge < -0.3 is 19.9 Å². The zero-order valence-electron chi connectivity index (χ0n) is 15.0. The molecule has 0 spiro atoms. The highest BCUT2D eigenvalue weighted by Gasteiger charge is 2.17. The molecule has 24 heavy (non-hydrogen) atoms. The Morgan fingerprint density at radius 2 is 1.46 bits per heavy atom. The predicted molar refractivity (Wildman–Crippen MR) is 97.4 cm³/mol. The van der Waals surface area contributed by atoms with Crippen LogP contribution in [0.25, 0.3) is 0 Å². The number of methoxy groups -OCH3 is 3. The van der Waals surface area contributed by atoms with Gasteiger partial charge in [0.05, 0.1) is 21.3 Å². The molecule has 2 aromatic carbocycles. The lowest BCUT2D eigenvalue weighted by Crippen LogP contribution is -2.15. The lowest BCUT2D eigenvalue weighted by molar-refractivity contribution is 0.347. The van der Waals surface area contributed by atoms with Gasteiger partial charge in [-0.15, -0.1) is 0 Å². The van der Waals surface area contributed by atoms with Crippen molar-refractivity contribution in [1.29, 1.82) is 0 Å². The van der Waals surface area contributed by atoms with Crippen LogP contribution in [-0.4, -0.2) is 27.9 Å². The van der Waals surface area contributed by atoms with Gasteiger partial charge in [0.2, 0.25) is 0 Å². The quantitative estimate of drug-likeness (QED) is 0.804. The van der Waals surface area contributed by atoms with Crippen molar-refractivity contribution < 1.29 is 14.2 Å². The minimum Gasteiger partial charge on any atom is -0.496 e. The Kier molecular flexibility index (Phi) is 6.50. The molecule has 2 N–H and O–H groups in total. The van der Waals surface area contributed by atoms with E-state index in [9.17, 15) is 0 Å². The molecule has 0 heterocycles. The van der Waals surface area contributed by atoms with Gasteiger partial charge in [0.1, 0.15) is 5.75 Å². The average Bonchev–Trinajstić information content (AvgIpc) is 2.65. The van der Waals surface area contributed by atoms with Gasteiger partial charge in [-0.1, -0.05) is 31.2 Å². The number of hydrogen-bond acceptors (Lipinski definition) is 4. The normalized spacial score (nSPS) is 11.9. The van der Waals surface area contributed by atoms with Crippen LogP contribution < -0.4 is 19.9 Å². The first-order valence-corrected chi connectivity index (χ1v) is 8.24.